The zero-order chi connectivity index (χ0) is 19.8. The van der Waals surface area contributed by atoms with Crippen LogP contribution in [0.1, 0.15) is 55.2 Å². The Kier molecular flexibility index (Phi) is 10.3. The number of halogens is 1. The average molecular weight is 499 g/mol. The first-order valence-corrected chi connectivity index (χ1v) is 9.65. The van der Waals surface area contributed by atoms with Crippen molar-refractivity contribution in [1.29, 1.82) is 0 Å². The molecule has 0 saturated heterocycles. The molecule has 28 heavy (non-hydrogen) atoms. The highest BCUT2D eigenvalue weighted by atomic mass is 127. The van der Waals surface area contributed by atoms with Crippen molar-refractivity contribution < 1.29 is 4.52 Å². The van der Waals surface area contributed by atoms with Crippen molar-refractivity contribution in [2.45, 2.75) is 52.6 Å². The minimum absolute atomic E-state index is 0. The maximum Gasteiger partial charge on any atom is 0.191 e. The summed E-state index contributed by atoms with van der Waals surface area (Å²) in [6.07, 6.45) is 2.15. The highest BCUT2D eigenvalue weighted by Crippen LogP contribution is 2.22. The van der Waals surface area contributed by atoms with Crippen molar-refractivity contribution in [1.82, 2.24) is 15.8 Å². The second kappa shape index (κ2) is 11.9. The lowest BCUT2D eigenvalue weighted by Gasteiger charge is -2.16. The number of nitrogens with zero attached hydrogens (tertiary/aromatic N) is 3. The summed E-state index contributed by atoms with van der Waals surface area (Å²) < 4.78 is 5.46. The van der Waals surface area contributed by atoms with Crippen LogP contribution in [0.25, 0.3) is 0 Å². The minimum atomic E-state index is 0. The molecule has 2 rings (SSSR count). The number of rotatable bonds is 8. The van der Waals surface area contributed by atoms with Crippen molar-refractivity contribution in [2.24, 2.45) is 4.99 Å². The van der Waals surface area contributed by atoms with Crippen molar-refractivity contribution in [3.63, 3.8) is 0 Å². The molecule has 1 heterocycles. The largest absolute Gasteiger partial charge is 0.378 e. The number of aliphatic imine (C=N–C) groups is 1. The predicted octanol–water partition coefficient (Wildman–Crippen LogP) is 4.44. The maximum atomic E-state index is 5.46. The van der Waals surface area contributed by atoms with Crippen LogP contribution < -0.4 is 15.5 Å². The molecule has 7 heteroatoms. The molecule has 0 amide bonds. The first kappa shape index (κ1) is 24.3. The molecule has 0 atom stereocenters. The SMILES string of the molecule is CCC(CC)c1cc(CNC(=NC)NCc2ccc(N(C)C)cc2C)on1.I. The summed E-state index contributed by atoms with van der Waals surface area (Å²) in [7, 11) is 5.88. The molecule has 0 aliphatic rings. The van der Waals surface area contributed by atoms with Crippen molar-refractivity contribution in [2.75, 3.05) is 26.0 Å². The van der Waals surface area contributed by atoms with Gasteiger partial charge in [0.15, 0.2) is 11.7 Å². The standard InChI is InChI=1S/C21H33N5O.HI/c1-7-16(8-2)20-12-19(27-25-20)14-24-21(22-4)23-13-17-9-10-18(26(5)6)11-15(17)3;/h9-12,16H,7-8,13-14H2,1-6H3,(H2,22,23,24);1H. The molecule has 0 fully saturated rings. The quantitative estimate of drug-likeness (QED) is 0.320. The van der Waals surface area contributed by atoms with Gasteiger partial charge in [0.05, 0.1) is 12.2 Å². The van der Waals surface area contributed by atoms with E-state index in [2.05, 4.69) is 78.7 Å². The number of nitrogens with one attached hydrogen (secondary N) is 2. The Morgan fingerprint density at radius 3 is 2.39 bits per heavy atom. The second-order valence-electron chi connectivity index (χ2n) is 7.02. The Morgan fingerprint density at radius 2 is 1.82 bits per heavy atom. The van der Waals surface area contributed by atoms with Crippen LogP contribution in [0.4, 0.5) is 5.69 Å². The molecule has 6 nitrogen and oxygen atoms in total. The van der Waals surface area contributed by atoms with Crippen LogP contribution in [0.2, 0.25) is 0 Å². The third-order valence-corrected chi connectivity index (χ3v) is 4.92. The lowest BCUT2D eigenvalue weighted by Crippen LogP contribution is -2.36. The molecule has 1 aromatic heterocycles. The highest BCUT2D eigenvalue weighted by Gasteiger charge is 2.13. The first-order chi connectivity index (χ1) is 13.0. The van der Waals surface area contributed by atoms with Gasteiger partial charge in [0, 0.05) is 45.4 Å². The van der Waals surface area contributed by atoms with E-state index in [-0.39, 0.29) is 24.0 Å². The average Bonchev–Trinajstić information content (AvgIpc) is 3.12. The van der Waals surface area contributed by atoms with Gasteiger partial charge in [-0.05, 0) is 43.0 Å². The summed E-state index contributed by atoms with van der Waals surface area (Å²) in [6, 6.07) is 8.53. The minimum Gasteiger partial charge on any atom is -0.378 e. The summed E-state index contributed by atoms with van der Waals surface area (Å²) in [5.41, 5.74) is 4.75. The van der Waals surface area contributed by atoms with Crippen LogP contribution in [0, 0.1) is 6.92 Å². The molecule has 156 valence electrons. The molecule has 1 aromatic carbocycles. The van der Waals surface area contributed by atoms with Gasteiger partial charge in [0.2, 0.25) is 0 Å². The van der Waals surface area contributed by atoms with E-state index in [0.29, 0.717) is 19.0 Å². The zero-order valence-electron chi connectivity index (χ0n) is 17.9. The monoisotopic (exact) mass is 499 g/mol. The molecular formula is C21H34IN5O. The molecule has 0 spiro atoms. The van der Waals surface area contributed by atoms with E-state index in [9.17, 15) is 0 Å². The number of aromatic nitrogens is 1. The summed E-state index contributed by atoms with van der Waals surface area (Å²) in [4.78, 5) is 6.40. The maximum absolute atomic E-state index is 5.46. The number of guanidine groups is 1. The molecular weight excluding hydrogens is 465 g/mol. The molecule has 0 aliphatic carbocycles. The summed E-state index contributed by atoms with van der Waals surface area (Å²) >= 11 is 0. The Hall–Kier alpha value is -1.77. The van der Waals surface area contributed by atoms with Crippen molar-refractivity contribution >= 4 is 35.6 Å². The van der Waals surface area contributed by atoms with E-state index >= 15 is 0 Å². The Bertz CT molecular complexity index is 753. The van der Waals surface area contributed by atoms with E-state index in [1.165, 1.54) is 16.8 Å². The Labute approximate surface area is 186 Å². The fourth-order valence-corrected chi connectivity index (χ4v) is 3.04. The smallest absolute Gasteiger partial charge is 0.191 e. The van der Waals surface area contributed by atoms with Gasteiger partial charge in [0.1, 0.15) is 0 Å². The van der Waals surface area contributed by atoms with Crippen LogP contribution in [0.5, 0.6) is 0 Å². The van der Waals surface area contributed by atoms with Gasteiger partial charge in [-0.3, -0.25) is 4.99 Å². The lowest BCUT2D eigenvalue weighted by atomic mass is 9.99. The first-order valence-electron chi connectivity index (χ1n) is 9.65. The molecule has 0 aliphatic heterocycles. The van der Waals surface area contributed by atoms with Gasteiger partial charge in [-0.1, -0.05) is 25.1 Å². The van der Waals surface area contributed by atoms with Crippen molar-refractivity contribution in [3.05, 3.63) is 46.8 Å². The Balaban J connectivity index is 0.00000392. The molecule has 0 radical (unpaired) electrons. The molecule has 0 saturated carbocycles. The fourth-order valence-electron chi connectivity index (χ4n) is 3.04. The number of benzene rings is 1. The van der Waals surface area contributed by atoms with E-state index in [0.717, 1.165) is 30.3 Å². The number of aryl methyl sites for hydroxylation is 1. The fraction of sp³-hybridized carbons (Fsp3) is 0.524. The molecule has 2 N–H and O–H groups in total. The molecule has 2 aromatic rings. The van der Waals surface area contributed by atoms with Gasteiger partial charge in [0.25, 0.3) is 0 Å². The third-order valence-electron chi connectivity index (χ3n) is 4.92. The van der Waals surface area contributed by atoms with Gasteiger partial charge in [-0.25, -0.2) is 0 Å². The van der Waals surface area contributed by atoms with Crippen LogP contribution in [-0.4, -0.2) is 32.3 Å². The lowest BCUT2D eigenvalue weighted by molar-refractivity contribution is 0.368. The zero-order valence-corrected chi connectivity index (χ0v) is 20.2. The van der Waals surface area contributed by atoms with Gasteiger partial charge < -0.3 is 20.1 Å². The van der Waals surface area contributed by atoms with E-state index in [1.54, 1.807) is 7.05 Å². The van der Waals surface area contributed by atoms with Crippen molar-refractivity contribution in [3.8, 4) is 0 Å². The van der Waals surface area contributed by atoms with Crippen LogP contribution in [-0.2, 0) is 13.1 Å². The molecule has 0 bridgehead atoms. The van der Waals surface area contributed by atoms with Gasteiger partial charge in [-0.15, -0.1) is 24.0 Å². The van der Waals surface area contributed by atoms with E-state index in [1.807, 2.05) is 6.07 Å². The topological polar surface area (TPSA) is 65.7 Å². The van der Waals surface area contributed by atoms with Crippen LogP contribution in [0.15, 0.2) is 33.8 Å². The van der Waals surface area contributed by atoms with Gasteiger partial charge >= 0.3 is 0 Å². The predicted molar refractivity (Wildman–Crippen MR) is 128 cm³/mol. The van der Waals surface area contributed by atoms with E-state index < -0.39 is 0 Å². The normalized spacial score (nSPS) is 11.3. The third kappa shape index (κ3) is 6.68. The van der Waals surface area contributed by atoms with Crippen LogP contribution in [0.3, 0.4) is 0 Å². The highest BCUT2D eigenvalue weighted by molar-refractivity contribution is 14.0. The summed E-state index contributed by atoms with van der Waals surface area (Å²) in [5, 5.41) is 10.9. The molecule has 0 unspecified atom stereocenters. The second-order valence-corrected chi connectivity index (χ2v) is 7.02. The number of anilines is 1. The summed E-state index contributed by atoms with van der Waals surface area (Å²) in [6.45, 7) is 7.77. The number of hydrogen-bond acceptors (Lipinski definition) is 4. The van der Waals surface area contributed by atoms with Gasteiger partial charge in [-0.2, -0.15) is 0 Å². The van der Waals surface area contributed by atoms with E-state index in [4.69, 9.17) is 4.52 Å². The number of hydrogen-bond donors (Lipinski definition) is 2. The Morgan fingerprint density at radius 1 is 1.14 bits per heavy atom. The summed E-state index contributed by atoms with van der Waals surface area (Å²) in [5.74, 6) is 2.03. The van der Waals surface area contributed by atoms with Crippen LogP contribution >= 0.6 is 24.0 Å².